The minimum atomic E-state index is -0.499. The first-order valence-electron chi connectivity index (χ1n) is 4.28. The van der Waals surface area contributed by atoms with Gasteiger partial charge in [-0.25, -0.2) is 8.78 Å². The molecule has 2 atom stereocenters. The Morgan fingerprint density at radius 2 is 1.92 bits per heavy atom. The summed E-state index contributed by atoms with van der Waals surface area (Å²) < 4.78 is 26.3. The second-order valence-electron chi connectivity index (χ2n) is 3.42. The van der Waals surface area contributed by atoms with Crippen LogP contribution in [0.5, 0.6) is 0 Å². The molecule has 1 fully saturated rings. The largest absolute Gasteiger partial charge is 0.396 e. The summed E-state index contributed by atoms with van der Waals surface area (Å²) in [5.41, 5.74) is 0.140. The fraction of sp³-hybridized carbons (Fsp3) is 0.400. The van der Waals surface area contributed by atoms with E-state index in [1.165, 1.54) is 18.2 Å². The third-order valence-electron chi connectivity index (χ3n) is 2.53. The highest BCUT2D eigenvalue weighted by atomic mass is 19.1. The van der Waals surface area contributed by atoms with Crippen LogP contribution in [-0.2, 0) is 0 Å². The molecule has 0 amide bonds. The minimum absolute atomic E-state index is 0.0123. The van der Waals surface area contributed by atoms with Crippen LogP contribution < -0.4 is 0 Å². The predicted octanol–water partition coefficient (Wildman–Crippen LogP) is 2.06. The second kappa shape index (κ2) is 3.07. The van der Waals surface area contributed by atoms with Gasteiger partial charge < -0.3 is 5.11 Å². The van der Waals surface area contributed by atoms with Gasteiger partial charge in [0.1, 0.15) is 11.6 Å². The molecule has 0 saturated heterocycles. The summed E-state index contributed by atoms with van der Waals surface area (Å²) in [6, 6.07) is 3.86. The molecular formula is C10H10F2O. The molecule has 1 aromatic carbocycles. The van der Waals surface area contributed by atoms with Crippen LogP contribution in [0.15, 0.2) is 18.2 Å². The van der Waals surface area contributed by atoms with Gasteiger partial charge in [0.2, 0.25) is 0 Å². The van der Waals surface area contributed by atoms with Crippen molar-refractivity contribution in [1.29, 1.82) is 0 Å². The lowest BCUT2D eigenvalue weighted by molar-refractivity contribution is 0.273. The van der Waals surface area contributed by atoms with Crippen LogP contribution in [0.4, 0.5) is 8.78 Å². The van der Waals surface area contributed by atoms with Gasteiger partial charge in [-0.1, -0.05) is 6.07 Å². The Labute approximate surface area is 75.0 Å². The summed E-state index contributed by atoms with van der Waals surface area (Å²) in [7, 11) is 0. The van der Waals surface area contributed by atoms with Crippen molar-refractivity contribution in [2.24, 2.45) is 5.92 Å². The van der Waals surface area contributed by atoms with Gasteiger partial charge in [0, 0.05) is 12.2 Å². The number of aliphatic hydroxyl groups excluding tert-OH is 1. The van der Waals surface area contributed by atoms with Gasteiger partial charge in [0.05, 0.1) is 0 Å². The number of hydrogen-bond acceptors (Lipinski definition) is 1. The molecule has 1 nitrogen and oxygen atoms in total. The highest BCUT2D eigenvalue weighted by Crippen LogP contribution is 2.48. The molecule has 1 saturated carbocycles. The first kappa shape index (κ1) is 8.63. The highest BCUT2D eigenvalue weighted by Gasteiger charge is 2.40. The maximum atomic E-state index is 13.1. The number of hydrogen-bond donors (Lipinski definition) is 1. The molecule has 3 heteroatoms. The molecule has 2 rings (SSSR count). The summed E-state index contributed by atoms with van der Waals surface area (Å²) in [5, 5.41) is 8.77. The molecule has 0 aromatic heterocycles. The number of rotatable bonds is 2. The average Bonchev–Trinajstić information content (AvgIpc) is 2.83. The van der Waals surface area contributed by atoms with Gasteiger partial charge in [0.15, 0.2) is 0 Å². The van der Waals surface area contributed by atoms with E-state index < -0.39 is 11.6 Å². The summed E-state index contributed by atoms with van der Waals surface area (Å²) in [6.45, 7) is 0.0123. The average molecular weight is 184 g/mol. The third kappa shape index (κ3) is 1.44. The van der Waals surface area contributed by atoms with E-state index >= 15 is 0 Å². The Hall–Kier alpha value is -0.960. The number of aliphatic hydroxyl groups is 1. The molecule has 0 bridgehead atoms. The van der Waals surface area contributed by atoms with Crippen molar-refractivity contribution in [1.82, 2.24) is 0 Å². The molecule has 1 N–H and O–H groups in total. The van der Waals surface area contributed by atoms with Crippen LogP contribution in [0.25, 0.3) is 0 Å². The summed E-state index contributed by atoms with van der Waals surface area (Å²) in [5.74, 6) is -1.07. The van der Waals surface area contributed by atoms with E-state index in [0.29, 0.717) is 6.42 Å². The van der Waals surface area contributed by atoms with E-state index in [1.807, 2.05) is 0 Å². The summed E-state index contributed by atoms with van der Waals surface area (Å²) in [4.78, 5) is 0. The van der Waals surface area contributed by atoms with E-state index in [-0.39, 0.29) is 24.0 Å². The standard InChI is InChI=1S/C10H10F2O/c11-8-2-1-3-9(12)10(8)7-4-6(7)5-13/h1-3,6-7,13H,4-5H2/t6-,7+/m0/s1. The number of halogens is 2. The van der Waals surface area contributed by atoms with Crippen molar-refractivity contribution in [3.8, 4) is 0 Å². The van der Waals surface area contributed by atoms with Crippen LogP contribution in [0.2, 0.25) is 0 Å². The van der Waals surface area contributed by atoms with Crippen LogP contribution in [0, 0.1) is 17.6 Å². The quantitative estimate of drug-likeness (QED) is 0.745. The Bertz CT molecular complexity index is 304. The predicted molar refractivity (Wildman–Crippen MR) is 44.3 cm³/mol. The molecule has 70 valence electrons. The van der Waals surface area contributed by atoms with Crippen molar-refractivity contribution in [3.63, 3.8) is 0 Å². The van der Waals surface area contributed by atoms with Crippen molar-refractivity contribution >= 4 is 0 Å². The van der Waals surface area contributed by atoms with Gasteiger partial charge in [-0.15, -0.1) is 0 Å². The Kier molecular flexibility index (Phi) is 2.04. The smallest absolute Gasteiger partial charge is 0.129 e. The Morgan fingerprint density at radius 3 is 2.38 bits per heavy atom. The highest BCUT2D eigenvalue weighted by molar-refractivity contribution is 5.29. The van der Waals surface area contributed by atoms with E-state index in [1.54, 1.807) is 0 Å². The second-order valence-corrected chi connectivity index (χ2v) is 3.42. The maximum Gasteiger partial charge on any atom is 0.129 e. The molecular weight excluding hydrogens is 174 g/mol. The van der Waals surface area contributed by atoms with Crippen molar-refractivity contribution < 1.29 is 13.9 Å². The van der Waals surface area contributed by atoms with Crippen LogP contribution in [0.3, 0.4) is 0 Å². The van der Waals surface area contributed by atoms with Crippen LogP contribution in [-0.4, -0.2) is 11.7 Å². The molecule has 1 aliphatic rings. The molecule has 0 unspecified atom stereocenters. The lowest BCUT2D eigenvalue weighted by atomic mass is 10.1. The van der Waals surface area contributed by atoms with Crippen molar-refractivity contribution in [2.75, 3.05) is 6.61 Å². The fourth-order valence-electron chi connectivity index (χ4n) is 1.67. The van der Waals surface area contributed by atoms with Gasteiger partial charge in [0.25, 0.3) is 0 Å². The maximum absolute atomic E-state index is 13.1. The van der Waals surface area contributed by atoms with Crippen LogP contribution in [0.1, 0.15) is 17.9 Å². The van der Waals surface area contributed by atoms with E-state index in [2.05, 4.69) is 0 Å². The lowest BCUT2D eigenvalue weighted by Crippen LogP contribution is -1.96. The molecule has 1 aromatic rings. The van der Waals surface area contributed by atoms with Gasteiger partial charge in [-0.05, 0) is 30.4 Å². The first-order chi connectivity index (χ1) is 6.24. The lowest BCUT2D eigenvalue weighted by Gasteiger charge is -2.02. The molecule has 1 aliphatic carbocycles. The molecule has 0 aliphatic heterocycles. The van der Waals surface area contributed by atoms with E-state index in [4.69, 9.17) is 5.11 Å². The third-order valence-corrected chi connectivity index (χ3v) is 2.53. The molecule has 0 spiro atoms. The van der Waals surface area contributed by atoms with Gasteiger partial charge in [-0.2, -0.15) is 0 Å². The van der Waals surface area contributed by atoms with Gasteiger partial charge in [-0.3, -0.25) is 0 Å². The Balaban J connectivity index is 2.30. The number of benzene rings is 1. The van der Waals surface area contributed by atoms with E-state index in [0.717, 1.165) is 0 Å². The van der Waals surface area contributed by atoms with Crippen molar-refractivity contribution in [2.45, 2.75) is 12.3 Å². The fourth-order valence-corrected chi connectivity index (χ4v) is 1.67. The monoisotopic (exact) mass is 184 g/mol. The van der Waals surface area contributed by atoms with Crippen LogP contribution >= 0.6 is 0 Å². The normalized spacial score (nSPS) is 26.1. The molecule has 0 radical (unpaired) electrons. The van der Waals surface area contributed by atoms with E-state index in [9.17, 15) is 8.78 Å². The Morgan fingerprint density at radius 1 is 1.31 bits per heavy atom. The SMILES string of the molecule is OC[C@@H]1C[C@H]1c1c(F)cccc1F. The molecule has 13 heavy (non-hydrogen) atoms. The zero-order valence-corrected chi connectivity index (χ0v) is 7.00. The zero-order valence-electron chi connectivity index (χ0n) is 7.00. The topological polar surface area (TPSA) is 20.2 Å². The van der Waals surface area contributed by atoms with Gasteiger partial charge >= 0.3 is 0 Å². The minimum Gasteiger partial charge on any atom is -0.396 e. The van der Waals surface area contributed by atoms with Crippen molar-refractivity contribution in [3.05, 3.63) is 35.4 Å². The zero-order chi connectivity index (χ0) is 9.42. The summed E-state index contributed by atoms with van der Waals surface area (Å²) in [6.07, 6.45) is 0.689. The summed E-state index contributed by atoms with van der Waals surface area (Å²) >= 11 is 0. The molecule has 0 heterocycles. The first-order valence-corrected chi connectivity index (χ1v) is 4.28.